The molecule has 108 valence electrons. The van der Waals surface area contributed by atoms with E-state index in [4.69, 9.17) is 0 Å². The van der Waals surface area contributed by atoms with Crippen LogP contribution >= 0.6 is 15.9 Å². The first-order valence-corrected chi connectivity index (χ1v) is 10.4. The zero-order chi connectivity index (χ0) is 14.0. The van der Waals surface area contributed by atoms with Crippen LogP contribution < -0.4 is 0 Å². The summed E-state index contributed by atoms with van der Waals surface area (Å²) in [5.74, 6) is -0.0334. The number of alkyl halides is 1. The Labute approximate surface area is 118 Å². The molecule has 0 saturated carbocycles. The second-order valence-corrected chi connectivity index (χ2v) is 10.1. The highest BCUT2D eigenvalue weighted by Crippen LogP contribution is 2.23. The topological polar surface area (TPSA) is 71.5 Å². The summed E-state index contributed by atoms with van der Waals surface area (Å²) in [6, 6.07) is -0.105. The summed E-state index contributed by atoms with van der Waals surface area (Å²) in [5, 5.41) is 0.0255. The molecule has 1 rings (SSSR count). The van der Waals surface area contributed by atoms with Crippen molar-refractivity contribution in [3.8, 4) is 0 Å². The van der Waals surface area contributed by atoms with E-state index in [9.17, 15) is 16.8 Å². The molecule has 5 nitrogen and oxygen atoms in total. The third-order valence-electron chi connectivity index (χ3n) is 3.13. The first-order chi connectivity index (χ1) is 8.20. The highest BCUT2D eigenvalue weighted by atomic mass is 79.9. The zero-order valence-corrected chi connectivity index (χ0v) is 13.9. The minimum atomic E-state index is -3.40. The van der Waals surface area contributed by atoms with Gasteiger partial charge >= 0.3 is 0 Å². The summed E-state index contributed by atoms with van der Waals surface area (Å²) in [6.45, 7) is 4.09. The van der Waals surface area contributed by atoms with Crippen LogP contribution in [0.1, 0.15) is 26.7 Å². The monoisotopic (exact) mass is 361 g/mol. The molecule has 0 amide bonds. The molecule has 0 radical (unpaired) electrons. The van der Waals surface area contributed by atoms with Crippen LogP contribution in [0.3, 0.4) is 0 Å². The second-order valence-electron chi connectivity index (χ2n) is 4.79. The van der Waals surface area contributed by atoms with Gasteiger partial charge in [-0.1, -0.05) is 15.9 Å². The molecule has 0 aromatic rings. The fraction of sp³-hybridized carbons (Fsp3) is 1.00. The lowest BCUT2D eigenvalue weighted by Gasteiger charge is -2.31. The standard InChI is InChI=1S/C10H20BrNO4S2/c1-9(2)12(6-5-11)18(15,16)10-3-7-17(13,14)8-4-10/h9-10H,3-8H2,1-2H3. The minimum absolute atomic E-state index is 0.0167. The van der Waals surface area contributed by atoms with Crippen molar-refractivity contribution in [3.63, 3.8) is 0 Å². The van der Waals surface area contributed by atoms with Gasteiger partial charge in [0, 0.05) is 17.9 Å². The van der Waals surface area contributed by atoms with Gasteiger partial charge in [-0.2, -0.15) is 4.31 Å². The summed E-state index contributed by atoms with van der Waals surface area (Å²) in [5.41, 5.74) is 0. The van der Waals surface area contributed by atoms with Crippen LogP contribution in [0, 0.1) is 0 Å². The second kappa shape index (κ2) is 6.19. The summed E-state index contributed by atoms with van der Waals surface area (Å²) in [7, 11) is -6.42. The van der Waals surface area contributed by atoms with Crippen LogP contribution in [0.2, 0.25) is 0 Å². The number of rotatable bonds is 5. The number of sulfonamides is 1. The lowest BCUT2D eigenvalue weighted by Crippen LogP contribution is -2.46. The van der Waals surface area contributed by atoms with Gasteiger partial charge in [0.15, 0.2) is 0 Å². The average Bonchev–Trinajstić information content (AvgIpc) is 2.24. The quantitative estimate of drug-likeness (QED) is 0.684. The fourth-order valence-electron chi connectivity index (χ4n) is 2.12. The van der Waals surface area contributed by atoms with Gasteiger partial charge in [-0.05, 0) is 26.7 Å². The van der Waals surface area contributed by atoms with Gasteiger partial charge in [-0.15, -0.1) is 0 Å². The van der Waals surface area contributed by atoms with Crippen molar-refractivity contribution in [1.29, 1.82) is 0 Å². The Morgan fingerprint density at radius 2 is 1.78 bits per heavy atom. The summed E-state index contributed by atoms with van der Waals surface area (Å²) in [6.07, 6.45) is 0.437. The molecule has 0 aromatic heterocycles. The van der Waals surface area contributed by atoms with E-state index in [-0.39, 0.29) is 30.4 Å². The van der Waals surface area contributed by atoms with Crippen molar-refractivity contribution < 1.29 is 16.8 Å². The predicted molar refractivity (Wildman–Crippen MR) is 76.2 cm³/mol. The maximum Gasteiger partial charge on any atom is 0.217 e. The molecule has 18 heavy (non-hydrogen) atoms. The van der Waals surface area contributed by atoms with Gasteiger partial charge in [0.05, 0.1) is 16.8 Å². The van der Waals surface area contributed by atoms with E-state index in [0.29, 0.717) is 11.9 Å². The van der Waals surface area contributed by atoms with Gasteiger partial charge in [0.25, 0.3) is 0 Å². The van der Waals surface area contributed by atoms with Crippen LogP contribution in [0.25, 0.3) is 0 Å². The third-order valence-corrected chi connectivity index (χ3v) is 7.77. The van der Waals surface area contributed by atoms with Crippen molar-refractivity contribution >= 4 is 35.8 Å². The number of halogens is 1. The fourth-order valence-corrected chi connectivity index (χ4v) is 6.67. The van der Waals surface area contributed by atoms with Gasteiger partial charge < -0.3 is 0 Å². The van der Waals surface area contributed by atoms with E-state index in [0.717, 1.165) is 0 Å². The zero-order valence-electron chi connectivity index (χ0n) is 10.7. The Morgan fingerprint density at radius 1 is 1.28 bits per heavy atom. The SMILES string of the molecule is CC(C)N(CCBr)S(=O)(=O)C1CCS(=O)(=O)CC1. The first-order valence-electron chi connectivity index (χ1n) is 5.98. The van der Waals surface area contributed by atoms with Crippen LogP contribution in [0.4, 0.5) is 0 Å². The van der Waals surface area contributed by atoms with Crippen LogP contribution in [-0.2, 0) is 19.9 Å². The molecule has 0 aromatic carbocycles. The Bertz CT molecular complexity index is 458. The van der Waals surface area contributed by atoms with Crippen molar-refractivity contribution in [3.05, 3.63) is 0 Å². The molecule has 0 N–H and O–H groups in total. The highest BCUT2D eigenvalue weighted by molar-refractivity contribution is 9.09. The van der Waals surface area contributed by atoms with Gasteiger partial charge in [0.1, 0.15) is 9.84 Å². The molecule has 1 aliphatic rings. The Balaban J connectivity index is 2.86. The largest absolute Gasteiger partial charge is 0.229 e. The highest BCUT2D eigenvalue weighted by Gasteiger charge is 2.37. The summed E-state index contributed by atoms with van der Waals surface area (Å²) < 4.78 is 49.0. The summed E-state index contributed by atoms with van der Waals surface area (Å²) >= 11 is 3.25. The normalized spacial score (nSPS) is 21.6. The number of sulfone groups is 1. The van der Waals surface area contributed by atoms with E-state index in [1.807, 2.05) is 13.8 Å². The predicted octanol–water partition coefficient (Wildman–Crippen LogP) is 0.999. The molecule has 1 saturated heterocycles. The molecule has 8 heteroatoms. The molecule has 0 atom stereocenters. The van der Waals surface area contributed by atoms with Gasteiger partial charge in [-0.3, -0.25) is 0 Å². The van der Waals surface area contributed by atoms with E-state index < -0.39 is 25.1 Å². The molecule has 1 fully saturated rings. The maximum absolute atomic E-state index is 12.4. The molecule has 1 aliphatic heterocycles. The molecule has 0 bridgehead atoms. The van der Waals surface area contributed by atoms with Crippen molar-refractivity contribution in [1.82, 2.24) is 4.31 Å². The molecular weight excluding hydrogens is 342 g/mol. The van der Waals surface area contributed by atoms with E-state index >= 15 is 0 Å². The summed E-state index contributed by atoms with van der Waals surface area (Å²) in [4.78, 5) is 0. The molecular formula is C10H20BrNO4S2. The number of nitrogens with zero attached hydrogens (tertiary/aromatic N) is 1. The van der Waals surface area contributed by atoms with Crippen molar-refractivity contribution in [2.24, 2.45) is 0 Å². The van der Waals surface area contributed by atoms with Gasteiger partial charge in [0.2, 0.25) is 10.0 Å². The molecule has 0 unspecified atom stereocenters. The third kappa shape index (κ3) is 3.91. The van der Waals surface area contributed by atoms with Gasteiger partial charge in [-0.25, -0.2) is 16.8 Å². The number of hydrogen-bond donors (Lipinski definition) is 0. The van der Waals surface area contributed by atoms with Crippen LogP contribution in [0.5, 0.6) is 0 Å². The first kappa shape index (κ1) is 16.4. The lowest BCUT2D eigenvalue weighted by atomic mass is 10.2. The maximum atomic E-state index is 12.4. The van der Waals surface area contributed by atoms with E-state index in [1.165, 1.54) is 4.31 Å². The van der Waals surface area contributed by atoms with Crippen LogP contribution in [0.15, 0.2) is 0 Å². The van der Waals surface area contributed by atoms with E-state index in [1.54, 1.807) is 0 Å². The average molecular weight is 362 g/mol. The van der Waals surface area contributed by atoms with Crippen molar-refractivity contribution in [2.75, 3.05) is 23.4 Å². The Morgan fingerprint density at radius 3 is 2.17 bits per heavy atom. The van der Waals surface area contributed by atoms with Crippen molar-refractivity contribution in [2.45, 2.75) is 38.0 Å². The lowest BCUT2D eigenvalue weighted by molar-refractivity contribution is 0.363. The minimum Gasteiger partial charge on any atom is -0.229 e. The number of hydrogen-bond acceptors (Lipinski definition) is 4. The van der Waals surface area contributed by atoms with Crippen LogP contribution in [-0.4, -0.2) is 55.8 Å². The van der Waals surface area contributed by atoms with E-state index in [2.05, 4.69) is 15.9 Å². The molecule has 1 heterocycles. The molecule has 0 aliphatic carbocycles. The Hall–Kier alpha value is 0.340. The smallest absolute Gasteiger partial charge is 0.217 e. The molecule has 0 spiro atoms. The Kier molecular flexibility index (Phi) is 5.64.